The minimum Gasteiger partial charge on any atom is -0.497 e. The van der Waals surface area contributed by atoms with E-state index in [4.69, 9.17) is 4.74 Å². The Balaban J connectivity index is 2.11. The number of aromatic nitrogens is 2. The summed E-state index contributed by atoms with van der Waals surface area (Å²) in [6, 6.07) is 14.6. The van der Waals surface area contributed by atoms with Crippen LogP contribution in [0, 0.1) is 0 Å². The van der Waals surface area contributed by atoms with E-state index in [2.05, 4.69) is 0 Å². The predicted octanol–water partition coefficient (Wildman–Crippen LogP) is 1.78. The fourth-order valence-electron chi connectivity index (χ4n) is 2.94. The van der Waals surface area contributed by atoms with Gasteiger partial charge in [-0.3, -0.25) is 13.9 Å². The molecule has 0 saturated carbocycles. The summed E-state index contributed by atoms with van der Waals surface area (Å²) < 4.78 is 8.15. The molecule has 1 heterocycles. The monoisotopic (exact) mass is 353 g/mol. The Morgan fingerprint density at radius 2 is 1.65 bits per heavy atom. The molecule has 6 nitrogen and oxygen atoms in total. The summed E-state index contributed by atoms with van der Waals surface area (Å²) in [6.45, 7) is 1.47. The van der Waals surface area contributed by atoms with Crippen molar-refractivity contribution in [3.05, 3.63) is 74.9 Å². The largest absolute Gasteiger partial charge is 0.497 e. The molecule has 0 aliphatic carbocycles. The van der Waals surface area contributed by atoms with Crippen molar-refractivity contribution in [2.45, 2.75) is 13.1 Å². The molecule has 3 aromatic rings. The Morgan fingerprint density at radius 1 is 0.962 bits per heavy atom. The maximum absolute atomic E-state index is 13.0. The third-order valence-corrected chi connectivity index (χ3v) is 4.40. The average molecular weight is 353 g/mol. The second kappa shape index (κ2) is 7.58. The van der Waals surface area contributed by atoms with Gasteiger partial charge in [-0.25, -0.2) is 4.79 Å². The summed E-state index contributed by atoms with van der Waals surface area (Å²) in [5, 5.41) is 0.555. The number of hydrogen-bond donors (Lipinski definition) is 0. The van der Waals surface area contributed by atoms with Crippen LogP contribution in [0.15, 0.2) is 58.1 Å². The average Bonchev–Trinajstić information content (AvgIpc) is 2.65. The predicted molar refractivity (Wildman–Crippen MR) is 103 cm³/mol. The van der Waals surface area contributed by atoms with Gasteiger partial charge in [-0.1, -0.05) is 24.3 Å². The number of likely N-dealkylation sites (N-methyl/N-ethyl adjacent to an activating group) is 1. The van der Waals surface area contributed by atoms with E-state index in [0.717, 1.165) is 11.3 Å². The van der Waals surface area contributed by atoms with Crippen molar-refractivity contribution in [2.75, 3.05) is 27.7 Å². The molecule has 0 radical (unpaired) electrons. The number of fused-ring (bicyclic) bond motifs is 1. The lowest BCUT2D eigenvalue weighted by atomic mass is 10.2. The van der Waals surface area contributed by atoms with Crippen LogP contribution in [-0.2, 0) is 13.1 Å². The molecule has 3 rings (SSSR count). The zero-order chi connectivity index (χ0) is 18.7. The van der Waals surface area contributed by atoms with Crippen molar-refractivity contribution in [2.24, 2.45) is 0 Å². The van der Waals surface area contributed by atoms with E-state index in [0.29, 0.717) is 24.0 Å². The zero-order valence-corrected chi connectivity index (χ0v) is 15.3. The Labute approximate surface area is 151 Å². The first-order chi connectivity index (χ1) is 12.5. The van der Waals surface area contributed by atoms with Crippen molar-refractivity contribution in [1.29, 1.82) is 0 Å². The minimum atomic E-state index is -0.286. The first-order valence-electron chi connectivity index (χ1n) is 8.51. The summed E-state index contributed by atoms with van der Waals surface area (Å²) >= 11 is 0. The Kier molecular flexibility index (Phi) is 5.23. The van der Waals surface area contributed by atoms with Crippen LogP contribution in [0.25, 0.3) is 10.9 Å². The molecule has 0 atom stereocenters. The van der Waals surface area contributed by atoms with Crippen molar-refractivity contribution in [3.8, 4) is 5.75 Å². The van der Waals surface area contributed by atoms with Crippen molar-refractivity contribution in [3.63, 3.8) is 0 Å². The molecule has 0 fully saturated rings. The molecule has 0 N–H and O–H groups in total. The zero-order valence-electron chi connectivity index (χ0n) is 15.3. The van der Waals surface area contributed by atoms with Crippen LogP contribution in [0.3, 0.4) is 0 Å². The highest BCUT2D eigenvalue weighted by atomic mass is 16.5. The second-order valence-corrected chi connectivity index (χ2v) is 6.49. The van der Waals surface area contributed by atoms with Gasteiger partial charge in [0.15, 0.2) is 0 Å². The van der Waals surface area contributed by atoms with Crippen LogP contribution in [0.1, 0.15) is 5.56 Å². The van der Waals surface area contributed by atoms with E-state index in [1.165, 1.54) is 4.57 Å². The highest BCUT2D eigenvalue weighted by Gasteiger charge is 2.13. The van der Waals surface area contributed by atoms with Gasteiger partial charge >= 0.3 is 5.69 Å². The lowest BCUT2D eigenvalue weighted by Gasteiger charge is -2.16. The first-order valence-corrected chi connectivity index (χ1v) is 8.51. The number of ether oxygens (including phenoxy) is 1. The number of benzene rings is 2. The topological polar surface area (TPSA) is 56.5 Å². The molecule has 0 bridgehead atoms. The number of rotatable bonds is 6. The Morgan fingerprint density at radius 3 is 2.31 bits per heavy atom. The molecule has 0 aliphatic heterocycles. The molecular weight excluding hydrogens is 330 g/mol. The molecule has 0 saturated heterocycles. The fourth-order valence-corrected chi connectivity index (χ4v) is 2.94. The third-order valence-electron chi connectivity index (χ3n) is 4.40. The lowest BCUT2D eigenvalue weighted by molar-refractivity contribution is 0.380. The quantitative estimate of drug-likeness (QED) is 0.678. The van der Waals surface area contributed by atoms with Gasteiger partial charge in [0.05, 0.1) is 24.6 Å². The molecule has 2 aromatic carbocycles. The van der Waals surface area contributed by atoms with Crippen LogP contribution in [-0.4, -0.2) is 41.8 Å². The van der Waals surface area contributed by atoms with Gasteiger partial charge < -0.3 is 9.64 Å². The highest BCUT2D eigenvalue weighted by molar-refractivity contribution is 5.77. The molecule has 0 aliphatic rings. The number of nitrogens with zero attached hydrogens (tertiary/aromatic N) is 3. The smallest absolute Gasteiger partial charge is 0.331 e. The normalized spacial score (nSPS) is 11.2. The molecule has 0 unspecified atom stereocenters. The van der Waals surface area contributed by atoms with Crippen LogP contribution in [0.2, 0.25) is 0 Å². The molecule has 0 amide bonds. The molecular formula is C20H23N3O3. The molecule has 136 valence electrons. The number of methoxy groups -OCH3 is 1. The van der Waals surface area contributed by atoms with E-state index in [1.54, 1.807) is 17.7 Å². The van der Waals surface area contributed by atoms with E-state index < -0.39 is 0 Å². The van der Waals surface area contributed by atoms with E-state index in [-0.39, 0.29) is 17.8 Å². The summed E-state index contributed by atoms with van der Waals surface area (Å²) in [5.41, 5.74) is 1.00. The first kappa shape index (κ1) is 17.9. The lowest BCUT2D eigenvalue weighted by Crippen LogP contribution is -2.41. The van der Waals surface area contributed by atoms with Crippen molar-refractivity contribution < 1.29 is 4.74 Å². The van der Waals surface area contributed by atoms with Gasteiger partial charge in [0.25, 0.3) is 5.56 Å². The van der Waals surface area contributed by atoms with Crippen LogP contribution in [0.4, 0.5) is 0 Å². The van der Waals surface area contributed by atoms with Gasteiger partial charge in [-0.15, -0.1) is 0 Å². The van der Waals surface area contributed by atoms with Crippen molar-refractivity contribution in [1.82, 2.24) is 14.0 Å². The maximum Gasteiger partial charge on any atom is 0.331 e. The van der Waals surface area contributed by atoms with E-state index >= 15 is 0 Å². The summed E-state index contributed by atoms with van der Waals surface area (Å²) in [6.07, 6.45) is 0. The molecule has 26 heavy (non-hydrogen) atoms. The second-order valence-electron chi connectivity index (χ2n) is 6.49. The van der Waals surface area contributed by atoms with Crippen LogP contribution in [0.5, 0.6) is 5.75 Å². The molecule has 6 heteroatoms. The number of para-hydroxylation sites is 1. The fraction of sp³-hybridized carbons (Fsp3) is 0.300. The van der Waals surface area contributed by atoms with Crippen molar-refractivity contribution >= 4 is 10.9 Å². The SMILES string of the molecule is COc1ccc(Cn2c(=O)c3ccccc3n(CCN(C)C)c2=O)cc1. The van der Waals surface area contributed by atoms with Gasteiger partial charge in [-0.2, -0.15) is 0 Å². The standard InChI is InChI=1S/C20H23N3O3/c1-21(2)12-13-22-18-7-5-4-6-17(18)19(24)23(20(22)25)14-15-8-10-16(26-3)11-9-15/h4-11H,12-14H2,1-3H3. The summed E-state index contributed by atoms with van der Waals surface area (Å²) in [7, 11) is 5.52. The highest BCUT2D eigenvalue weighted by Crippen LogP contribution is 2.12. The van der Waals surface area contributed by atoms with Crippen LogP contribution >= 0.6 is 0 Å². The minimum absolute atomic E-state index is 0.231. The Bertz CT molecular complexity index is 1020. The van der Waals surface area contributed by atoms with Gasteiger partial charge in [0.2, 0.25) is 0 Å². The molecule has 1 aromatic heterocycles. The maximum atomic E-state index is 13.0. The van der Waals surface area contributed by atoms with Gasteiger partial charge in [0, 0.05) is 13.1 Å². The van der Waals surface area contributed by atoms with E-state index in [9.17, 15) is 9.59 Å². The van der Waals surface area contributed by atoms with Crippen LogP contribution < -0.4 is 16.0 Å². The van der Waals surface area contributed by atoms with E-state index in [1.807, 2.05) is 61.5 Å². The molecule has 0 spiro atoms. The van der Waals surface area contributed by atoms with Gasteiger partial charge in [0.1, 0.15) is 5.75 Å². The number of hydrogen-bond acceptors (Lipinski definition) is 4. The Hall–Kier alpha value is -2.86. The summed E-state index contributed by atoms with van der Waals surface area (Å²) in [5.74, 6) is 0.739. The van der Waals surface area contributed by atoms with Gasteiger partial charge in [-0.05, 0) is 43.9 Å². The third kappa shape index (κ3) is 3.55. The summed E-state index contributed by atoms with van der Waals surface area (Å²) in [4.78, 5) is 27.9.